The Morgan fingerprint density at radius 3 is 2.00 bits per heavy atom. The van der Waals surface area contributed by atoms with Crippen molar-refractivity contribution in [1.29, 1.82) is 0 Å². The molecule has 0 aliphatic heterocycles. The highest BCUT2D eigenvalue weighted by Crippen LogP contribution is 2.39. The number of carbonyl (C=O) groups is 1. The number of hydrogen-bond acceptors (Lipinski definition) is 1. The largest absolute Gasteiger partial charge is 0.481 e. The zero-order chi connectivity index (χ0) is 14.7. The van der Waals surface area contributed by atoms with Crippen LogP contribution in [0.3, 0.4) is 0 Å². The van der Waals surface area contributed by atoms with E-state index >= 15 is 0 Å². The lowest BCUT2D eigenvalue weighted by molar-refractivity contribution is -0.147. The maximum Gasteiger partial charge on any atom is 0.309 e. The number of rotatable bonds is 5. The van der Waals surface area contributed by atoms with Crippen molar-refractivity contribution in [2.45, 2.75) is 53.4 Å². The normalized spacial score (nSPS) is 14.2. The van der Waals surface area contributed by atoms with Gasteiger partial charge in [0.1, 0.15) is 0 Å². The Kier molecular flexibility index (Phi) is 4.78. The van der Waals surface area contributed by atoms with Gasteiger partial charge in [-0.3, -0.25) is 4.79 Å². The second kappa shape index (κ2) is 5.77. The molecule has 0 amide bonds. The van der Waals surface area contributed by atoms with Crippen molar-refractivity contribution in [3.63, 3.8) is 0 Å². The third-order valence-electron chi connectivity index (χ3n) is 3.47. The summed E-state index contributed by atoms with van der Waals surface area (Å²) in [6.45, 7) is 10.2. The van der Waals surface area contributed by atoms with Crippen LogP contribution in [0.2, 0.25) is 0 Å². The van der Waals surface area contributed by atoms with E-state index in [1.54, 1.807) is 0 Å². The van der Waals surface area contributed by atoms with Crippen molar-refractivity contribution < 1.29 is 9.90 Å². The maximum absolute atomic E-state index is 11.4. The SMILES string of the molecule is CC(C)(C)CC(CC(C)(C)C(=O)O)c1ccccc1. The third-order valence-corrected chi connectivity index (χ3v) is 3.47. The molecule has 0 heterocycles. The molecule has 0 spiro atoms. The van der Waals surface area contributed by atoms with E-state index in [9.17, 15) is 9.90 Å². The first-order valence-electron chi connectivity index (χ1n) is 6.90. The fraction of sp³-hybridized carbons (Fsp3) is 0.588. The summed E-state index contributed by atoms with van der Waals surface area (Å²) in [4.78, 5) is 11.4. The van der Waals surface area contributed by atoms with Gasteiger partial charge in [0, 0.05) is 0 Å². The Labute approximate surface area is 116 Å². The lowest BCUT2D eigenvalue weighted by Crippen LogP contribution is -2.27. The lowest BCUT2D eigenvalue weighted by Gasteiger charge is -2.31. The van der Waals surface area contributed by atoms with E-state index in [0.717, 1.165) is 6.42 Å². The van der Waals surface area contributed by atoms with Crippen molar-refractivity contribution in [1.82, 2.24) is 0 Å². The summed E-state index contributed by atoms with van der Waals surface area (Å²) in [6.07, 6.45) is 1.66. The van der Waals surface area contributed by atoms with E-state index < -0.39 is 11.4 Å². The van der Waals surface area contributed by atoms with Crippen molar-refractivity contribution in [3.8, 4) is 0 Å². The van der Waals surface area contributed by atoms with Crippen LogP contribution in [-0.2, 0) is 4.79 Å². The average molecular weight is 262 g/mol. The summed E-state index contributed by atoms with van der Waals surface area (Å²) < 4.78 is 0. The van der Waals surface area contributed by atoms with Crippen molar-refractivity contribution in [2.24, 2.45) is 10.8 Å². The van der Waals surface area contributed by atoms with Gasteiger partial charge in [0.05, 0.1) is 5.41 Å². The van der Waals surface area contributed by atoms with Gasteiger partial charge in [-0.2, -0.15) is 0 Å². The van der Waals surface area contributed by atoms with Crippen LogP contribution in [0.1, 0.15) is 58.9 Å². The minimum Gasteiger partial charge on any atom is -0.481 e. The molecule has 0 fully saturated rings. The molecular weight excluding hydrogens is 236 g/mol. The van der Waals surface area contributed by atoms with Crippen LogP contribution in [0.4, 0.5) is 0 Å². The average Bonchev–Trinajstić information content (AvgIpc) is 2.27. The molecule has 1 aromatic rings. The smallest absolute Gasteiger partial charge is 0.309 e. The minimum absolute atomic E-state index is 0.190. The van der Waals surface area contributed by atoms with Gasteiger partial charge in [0.15, 0.2) is 0 Å². The standard InChI is InChI=1S/C17H26O2/c1-16(2,3)11-14(12-17(4,5)15(18)19)13-9-7-6-8-10-13/h6-10,14H,11-12H2,1-5H3,(H,18,19). The summed E-state index contributed by atoms with van der Waals surface area (Å²) in [7, 11) is 0. The molecular formula is C17H26O2. The van der Waals surface area contributed by atoms with E-state index in [4.69, 9.17) is 0 Å². The predicted octanol–water partition coefficient (Wildman–Crippen LogP) is 4.71. The highest BCUT2D eigenvalue weighted by atomic mass is 16.4. The van der Waals surface area contributed by atoms with Gasteiger partial charge >= 0.3 is 5.97 Å². The van der Waals surface area contributed by atoms with Gasteiger partial charge in [0.25, 0.3) is 0 Å². The van der Waals surface area contributed by atoms with Crippen molar-refractivity contribution in [3.05, 3.63) is 35.9 Å². The molecule has 1 rings (SSSR count). The van der Waals surface area contributed by atoms with E-state index in [2.05, 4.69) is 32.9 Å². The quantitative estimate of drug-likeness (QED) is 0.834. The number of benzene rings is 1. The first-order valence-corrected chi connectivity index (χ1v) is 6.90. The minimum atomic E-state index is -0.720. The Morgan fingerprint density at radius 1 is 1.05 bits per heavy atom. The molecule has 1 aromatic carbocycles. The molecule has 1 unspecified atom stereocenters. The van der Waals surface area contributed by atoms with Crippen molar-refractivity contribution >= 4 is 5.97 Å². The van der Waals surface area contributed by atoms with Crippen LogP contribution in [0, 0.1) is 10.8 Å². The summed E-state index contributed by atoms with van der Waals surface area (Å²) in [5.41, 5.74) is 0.743. The molecule has 2 nitrogen and oxygen atoms in total. The first-order chi connectivity index (χ1) is 8.62. The van der Waals surface area contributed by atoms with Gasteiger partial charge in [-0.15, -0.1) is 0 Å². The lowest BCUT2D eigenvalue weighted by atomic mass is 9.73. The molecule has 0 aliphatic carbocycles. The van der Waals surface area contributed by atoms with Crippen LogP contribution in [-0.4, -0.2) is 11.1 Å². The van der Waals surface area contributed by atoms with Crippen LogP contribution < -0.4 is 0 Å². The first kappa shape index (κ1) is 15.7. The zero-order valence-electron chi connectivity index (χ0n) is 12.7. The molecule has 2 heteroatoms. The molecule has 0 saturated heterocycles. The Morgan fingerprint density at radius 2 is 1.58 bits per heavy atom. The number of aliphatic carboxylic acids is 1. The molecule has 0 radical (unpaired) electrons. The summed E-state index contributed by atoms with van der Waals surface area (Å²) in [5, 5.41) is 9.34. The van der Waals surface area contributed by atoms with Gasteiger partial charge in [0.2, 0.25) is 0 Å². The number of hydrogen-bond donors (Lipinski definition) is 1. The second-order valence-corrected chi connectivity index (χ2v) is 7.27. The Balaban J connectivity index is 2.97. The fourth-order valence-electron chi connectivity index (χ4n) is 2.48. The molecule has 106 valence electrons. The summed E-state index contributed by atoms with van der Waals surface area (Å²) in [5.74, 6) is -0.436. The molecule has 0 bridgehead atoms. The summed E-state index contributed by atoms with van der Waals surface area (Å²) in [6, 6.07) is 10.3. The molecule has 0 aromatic heterocycles. The summed E-state index contributed by atoms with van der Waals surface area (Å²) >= 11 is 0. The van der Waals surface area contributed by atoms with Gasteiger partial charge < -0.3 is 5.11 Å². The van der Waals surface area contributed by atoms with Gasteiger partial charge in [-0.05, 0) is 43.6 Å². The number of carboxylic acids is 1. The number of carboxylic acid groups (broad SMARTS) is 1. The highest BCUT2D eigenvalue weighted by Gasteiger charge is 2.32. The van der Waals surface area contributed by atoms with Crippen LogP contribution in [0.5, 0.6) is 0 Å². The van der Waals surface area contributed by atoms with Crippen molar-refractivity contribution in [2.75, 3.05) is 0 Å². The Hall–Kier alpha value is -1.31. The molecule has 1 atom stereocenters. The van der Waals surface area contributed by atoms with Gasteiger partial charge in [-0.25, -0.2) is 0 Å². The molecule has 1 N–H and O–H groups in total. The zero-order valence-corrected chi connectivity index (χ0v) is 12.7. The van der Waals surface area contributed by atoms with Crippen LogP contribution >= 0.6 is 0 Å². The van der Waals surface area contributed by atoms with Crippen LogP contribution in [0.15, 0.2) is 30.3 Å². The van der Waals surface area contributed by atoms with E-state index in [1.807, 2.05) is 32.0 Å². The fourth-order valence-corrected chi connectivity index (χ4v) is 2.48. The predicted molar refractivity (Wildman–Crippen MR) is 79.3 cm³/mol. The van der Waals surface area contributed by atoms with Crippen LogP contribution in [0.25, 0.3) is 0 Å². The second-order valence-electron chi connectivity index (χ2n) is 7.27. The monoisotopic (exact) mass is 262 g/mol. The van der Waals surface area contributed by atoms with Gasteiger partial charge in [-0.1, -0.05) is 51.1 Å². The van der Waals surface area contributed by atoms with E-state index in [0.29, 0.717) is 6.42 Å². The molecule has 0 aliphatic rings. The molecule has 19 heavy (non-hydrogen) atoms. The van der Waals surface area contributed by atoms with E-state index in [1.165, 1.54) is 5.56 Å². The van der Waals surface area contributed by atoms with E-state index in [-0.39, 0.29) is 11.3 Å². The third kappa shape index (κ3) is 5.06. The Bertz CT molecular complexity index is 413. The topological polar surface area (TPSA) is 37.3 Å². The molecule has 0 saturated carbocycles. The maximum atomic E-state index is 11.4. The highest BCUT2D eigenvalue weighted by molar-refractivity contribution is 5.73.